The molecular weight excluding hydrogens is 350 g/mol. The lowest BCUT2D eigenvalue weighted by atomic mass is 10.1. The Labute approximate surface area is 167 Å². The van der Waals surface area contributed by atoms with E-state index in [0.717, 1.165) is 31.4 Å². The van der Waals surface area contributed by atoms with Crippen LogP contribution in [0.5, 0.6) is 0 Å². The Bertz CT molecular complexity index is 805. The van der Waals surface area contributed by atoms with Gasteiger partial charge in [-0.05, 0) is 48.1 Å². The molecule has 1 aliphatic carbocycles. The molecule has 0 fully saturated rings. The van der Waals surface area contributed by atoms with Crippen molar-refractivity contribution in [1.82, 2.24) is 15.1 Å². The zero-order valence-corrected chi connectivity index (χ0v) is 16.9. The number of urea groups is 1. The summed E-state index contributed by atoms with van der Waals surface area (Å²) >= 11 is 0. The normalized spacial score (nSPS) is 13.1. The van der Waals surface area contributed by atoms with Gasteiger partial charge in [0, 0.05) is 38.8 Å². The van der Waals surface area contributed by atoms with Gasteiger partial charge in [-0.15, -0.1) is 0 Å². The van der Waals surface area contributed by atoms with Crippen LogP contribution in [0, 0.1) is 0 Å². The van der Waals surface area contributed by atoms with Crippen molar-refractivity contribution in [3.63, 3.8) is 0 Å². The average molecular weight is 380 g/mol. The van der Waals surface area contributed by atoms with Gasteiger partial charge in [0.15, 0.2) is 0 Å². The zero-order chi connectivity index (χ0) is 20.1. The largest absolute Gasteiger partial charge is 0.345 e. The summed E-state index contributed by atoms with van der Waals surface area (Å²) in [5, 5.41) is 3.05. The van der Waals surface area contributed by atoms with Crippen molar-refractivity contribution in [3.05, 3.63) is 70.8 Å². The first-order valence-corrected chi connectivity index (χ1v) is 9.91. The molecule has 0 spiro atoms. The van der Waals surface area contributed by atoms with Crippen molar-refractivity contribution < 1.29 is 9.59 Å². The molecular formula is C23H29N3O2. The standard InChI is InChI=1S/C23H29N3O2/c1-4-13-26(21-14-19-7-5-6-8-20(19)15-21)23(28)24-16-17-9-11-18(12-10-17)22(27)25(2)3/h5-12,21H,4,13-16H2,1-3H3,(H,24,28). The number of nitrogens with zero attached hydrogens (tertiary/aromatic N) is 2. The molecule has 3 rings (SSSR count). The SMILES string of the molecule is CCCN(C(=O)NCc1ccc(C(=O)N(C)C)cc1)C1Cc2ccccc2C1. The van der Waals surface area contributed by atoms with Gasteiger partial charge < -0.3 is 15.1 Å². The summed E-state index contributed by atoms with van der Waals surface area (Å²) < 4.78 is 0. The van der Waals surface area contributed by atoms with Crippen molar-refractivity contribution in [2.75, 3.05) is 20.6 Å². The van der Waals surface area contributed by atoms with E-state index in [9.17, 15) is 9.59 Å². The minimum atomic E-state index is -0.0227. The minimum Gasteiger partial charge on any atom is -0.345 e. The number of nitrogens with one attached hydrogen (secondary N) is 1. The highest BCUT2D eigenvalue weighted by Crippen LogP contribution is 2.25. The number of rotatable bonds is 6. The molecule has 0 saturated carbocycles. The quantitative estimate of drug-likeness (QED) is 0.835. The van der Waals surface area contributed by atoms with Gasteiger partial charge in [-0.3, -0.25) is 4.79 Å². The lowest BCUT2D eigenvalue weighted by Crippen LogP contribution is -2.46. The molecule has 1 N–H and O–H groups in total. The number of amides is 3. The Balaban J connectivity index is 1.60. The maximum Gasteiger partial charge on any atom is 0.317 e. The van der Waals surface area contributed by atoms with Gasteiger partial charge in [0.2, 0.25) is 0 Å². The van der Waals surface area contributed by atoms with E-state index in [2.05, 4.69) is 36.5 Å². The molecule has 2 aromatic rings. The van der Waals surface area contributed by atoms with E-state index >= 15 is 0 Å². The van der Waals surface area contributed by atoms with E-state index in [4.69, 9.17) is 0 Å². The van der Waals surface area contributed by atoms with Gasteiger partial charge in [0.1, 0.15) is 0 Å². The van der Waals surface area contributed by atoms with Crippen LogP contribution in [-0.4, -0.2) is 48.4 Å². The van der Waals surface area contributed by atoms with Crippen molar-refractivity contribution in [2.24, 2.45) is 0 Å². The second-order valence-electron chi connectivity index (χ2n) is 7.58. The van der Waals surface area contributed by atoms with E-state index < -0.39 is 0 Å². The first-order valence-electron chi connectivity index (χ1n) is 9.91. The van der Waals surface area contributed by atoms with Gasteiger partial charge in [0.25, 0.3) is 5.91 Å². The fourth-order valence-electron chi connectivity index (χ4n) is 3.75. The molecule has 5 nitrogen and oxygen atoms in total. The molecule has 0 aliphatic heterocycles. The van der Waals surface area contributed by atoms with Crippen LogP contribution in [0.15, 0.2) is 48.5 Å². The van der Waals surface area contributed by atoms with Crippen LogP contribution in [0.3, 0.4) is 0 Å². The van der Waals surface area contributed by atoms with Gasteiger partial charge in [-0.1, -0.05) is 43.3 Å². The Morgan fingerprint density at radius 3 is 2.14 bits per heavy atom. The highest BCUT2D eigenvalue weighted by molar-refractivity contribution is 5.93. The highest BCUT2D eigenvalue weighted by atomic mass is 16.2. The fraction of sp³-hybridized carbons (Fsp3) is 0.391. The van der Waals surface area contributed by atoms with Gasteiger partial charge in [0.05, 0.1) is 0 Å². The van der Waals surface area contributed by atoms with Crippen LogP contribution >= 0.6 is 0 Å². The summed E-state index contributed by atoms with van der Waals surface area (Å²) in [4.78, 5) is 28.4. The Morgan fingerprint density at radius 1 is 1.00 bits per heavy atom. The highest BCUT2D eigenvalue weighted by Gasteiger charge is 2.29. The lowest BCUT2D eigenvalue weighted by Gasteiger charge is -2.29. The zero-order valence-electron chi connectivity index (χ0n) is 16.9. The average Bonchev–Trinajstić information content (AvgIpc) is 3.13. The maximum atomic E-state index is 12.9. The maximum absolute atomic E-state index is 12.9. The smallest absolute Gasteiger partial charge is 0.317 e. The molecule has 0 radical (unpaired) electrons. The van der Waals surface area contributed by atoms with Crippen LogP contribution in [0.1, 0.15) is 40.4 Å². The number of fused-ring (bicyclic) bond motifs is 1. The topological polar surface area (TPSA) is 52.7 Å². The summed E-state index contributed by atoms with van der Waals surface area (Å²) in [6.07, 6.45) is 2.78. The molecule has 0 bridgehead atoms. The fourth-order valence-corrected chi connectivity index (χ4v) is 3.75. The van der Waals surface area contributed by atoms with Crippen LogP contribution in [-0.2, 0) is 19.4 Å². The van der Waals surface area contributed by atoms with Crippen LogP contribution in [0.2, 0.25) is 0 Å². The van der Waals surface area contributed by atoms with Crippen LogP contribution < -0.4 is 5.32 Å². The summed E-state index contributed by atoms with van der Waals surface area (Å²) in [6.45, 7) is 3.30. The van der Waals surface area contributed by atoms with E-state index in [1.165, 1.54) is 11.1 Å². The molecule has 0 saturated heterocycles. The molecule has 1 aliphatic rings. The lowest BCUT2D eigenvalue weighted by molar-refractivity contribution is 0.0827. The van der Waals surface area contributed by atoms with Crippen LogP contribution in [0.4, 0.5) is 4.79 Å². The Hall–Kier alpha value is -2.82. The molecule has 2 aromatic carbocycles. The third-order valence-electron chi connectivity index (χ3n) is 5.25. The van der Waals surface area contributed by atoms with E-state index in [-0.39, 0.29) is 18.0 Å². The Morgan fingerprint density at radius 2 is 1.61 bits per heavy atom. The number of hydrogen-bond donors (Lipinski definition) is 1. The van der Waals surface area contributed by atoms with Gasteiger partial charge >= 0.3 is 6.03 Å². The summed E-state index contributed by atoms with van der Waals surface area (Å²) in [5.41, 5.74) is 4.33. The van der Waals surface area contributed by atoms with E-state index in [1.807, 2.05) is 17.0 Å². The summed E-state index contributed by atoms with van der Waals surface area (Å²) in [5.74, 6) is -0.0227. The second kappa shape index (κ2) is 8.91. The molecule has 148 valence electrons. The first-order chi connectivity index (χ1) is 13.5. The third-order valence-corrected chi connectivity index (χ3v) is 5.25. The molecule has 5 heteroatoms. The second-order valence-corrected chi connectivity index (χ2v) is 7.58. The van der Waals surface area contributed by atoms with Gasteiger partial charge in [-0.25, -0.2) is 4.79 Å². The third kappa shape index (κ3) is 4.53. The summed E-state index contributed by atoms with van der Waals surface area (Å²) in [6, 6.07) is 16.1. The van der Waals surface area contributed by atoms with Gasteiger partial charge in [-0.2, -0.15) is 0 Å². The summed E-state index contributed by atoms with van der Waals surface area (Å²) in [7, 11) is 3.47. The van der Waals surface area contributed by atoms with E-state index in [1.54, 1.807) is 31.1 Å². The number of carbonyl (C=O) groups is 2. The Kier molecular flexibility index (Phi) is 6.34. The molecule has 0 aromatic heterocycles. The minimum absolute atomic E-state index is 0.0203. The van der Waals surface area contributed by atoms with E-state index in [0.29, 0.717) is 12.1 Å². The van der Waals surface area contributed by atoms with Crippen molar-refractivity contribution >= 4 is 11.9 Å². The molecule has 0 unspecified atom stereocenters. The molecule has 28 heavy (non-hydrogen) atoms. The van der Waals surface area contributed by atoms with Crippen molar-refractivity contribution in [1.29, 1.82) is 0 Å². The molecule has 3 amide bonds. The number of hydrogen-bond acceptors (Lipinski definition) is 2. The molecule has 0 atom stereocenters. The predicted molar refractivity (Wildman–Crippen MR) is 111 cm³/mol. The number of carbonyl (C=O) groups excluding carboxylic acids is 2. The number of benzene rings is 2. The van der Waals surface area contributed by atoms with Crippen molar-refractivity contribution in [2.45, 2.75) is 38.8 Å². The predicted octanol–water partition coefficient (Wildman–Crippen LogP) is 3.48. The van der Waals surface area contributed by atoms with Crippen LogP contribution in [0.25, 0.3) is 0 Å². The first kappa shape index (κ1) is 19.9. The monoisotopic (exact) mass is 379 g/mol. The van der Waals surface area contributed by atoms with Crippen molar-refractivity contribution in [3.8, 4) is 0 Å². The molecule has 0 heterocycles.